The lowest BCUT2D eigenvalue weighted by atomic mass is 9.86. The van der Waals surface area contributed by atoms with Gasteiger partial charge in [-0.3, -0.25) is 0 Å². The summed E-state index contributed by atoms with van der Waals surface area (Å²) >= 11 is 0. The number of rotatable bonds is 4. The topological polar surface area (TPSA) is 52.6 Å². The standard InChI is InChI=1S/C17H28N2O2/c1-7-13-10-14(9-8-12(13)2)18-16(21)19(6)15(11-20)17(3,4)5/h8-10,15,20H,7,11H2,1-6H3,(H,18,21). The molecule has 1 aromatic rings. The molecule has 1 aromatic carbocycles. The molecule has 0 spiro atoms. The van der Waals surface area contributed by atoms with Gasteiger partial charge in [0.1, 0.15) is 0 Å². The van der Waals surface area contributed by atoms with E-state index in [1.165, 1.54) is 11.1 Å². The Labute approximate surface area is 128 Å². The number of aryl methyl sites for hydroxylation is 2. The van der Waals surface area contributed by atoms with Crippen molar-refractivity contribution in [2.75, 3.05) is 19.0 Å². The Kier molecular flexibility index (Phi) is 5.78. The highest BCUT2D eigenvalue weighted by atomic mass is 16.3. The summed E-state index contributed by atoms with van der Waals surface area (Å²) in [6, 6.07) is 5.50. The van der Waals surface area contributed by atoms with Crippen molar-refractivity contribution in [3.63, 3.8) is 0 Å². The second-order valence-corrected chi connectivity index (χ2v) is 6.60. The number of aliphatic hydroxyl groups is 1. The molecule has 0 aromatic heterocycles. The molecule has 4 heteroatoms. The van der Waals surface area contributed by atoms with Gasteiger partial charge in [-0.25, -0.2) is 4.79 Å². The van der Waals surface area contributed by atoms with Crippen molar-refractivity contribution >= 4 is 11.7 Å². The Hall–Kier alpha value is -1.55. The molecule has 118 valence electrons. The van der Waals surface area contributed by atoms with Crippen molar-refractivity contribution in [3.05, 3.63) is 29.3 Å². The number of likely N-dealkylation sites (N-methyl/N-ethyl adjacent to an activating group) is 1. The largest absolute Gasteiger partial charge is 0.394 e. The van der Waals surface area contributed by atoms with Crippen LogP contribution in [0.15, 0.2) is 18.2 Å². The van der Waals surface area contributed by atoms with Crippen LogP contribution in [0, 0.1) is 12.3 Å². The highest BCUT2D eigenvalue weighted by Crippen LogP contribution is 2.24. The molecule has 2 N–H and O–H groups in total. The zero-order valence-corrected chi connectivity index (χ0v) is 14.0. The maximum absolute atomic E-state index is 12.3. The normalized spacial score (nSPS) is 12.9. The first kappa shape index (κ1) is 17.5. The third kappa shape index (κ3) is 4.46. The van der Waals surface area contributed by atoms with Crippen molar-refractivity contribution in [1.29, 1.82) is 0 Å². The molecule has 1 rings (SSSR count). The Morgan fingerprint density at radius 2 is 2.00 bits per heavy atom. The molecule has 4 nitrogen and oxygen atoms in total. The van der Waals surface area contributed by atoms with Gasteiger partial charge in [-0.2, -0.15) is 0 Å². The molecule has 2 amide bonds. The third-order valence-electron chi connectivity index (χ3n) is 3.94. The van der Waals surface area contributed by atoms with Crippen LogP contribution >= 0.6 is 0 Å². The molecular weight excluding hydrogens is 264 g/mol. The van der Waals surface area contributed by atoms with Gasteiger partial charge in [-0.05, 0) is 42.0 Å². The van der Waals surface area contributed by atoms with Gasteiger partial charge < -0.3 is 15.3 Å². The molecule has 0 saturated carbocycles. The van der Waals surface area contributed by atoms with Gasteiger partial charge in [-0.1, -0.05) is 33.8 Å². The lowest BCUT2D eigenvalue weighted by Gasteiger charge is -2.36. The molecule has 0 aliphatic rings. The minimum Gasteiger partial charge on any atom is -0.394 e. The Morgan fingerprint density at radius 3 is 2.48 bits per heavy atom. The maximum atomic E-state index is 12.3. The lowest BCUT2D eigenvalue weighted by molar-refractivity contribution is 0.0886. The number of hydrogen-bond donors (Lipinski definition) is 2. The predicted molar refractivity (Wildman–Crippen MR) is 87.7 cm³/mol. The quantitative estimate of drug-likeness (QED) is 0.893. The van der Waals surface area contributed by atoms with Crippen LogP contribution in [-0.4, -0.2) is 35.7 Å². The third-order valence-corrected chi connectivity index (χ3v) is 3.94. The van der Waals surface area contributed by atoms with E-state index < -0.39 is 0 Å². The average Bonchev–Trinajstić information content (AvgIpc) is 2.39. The minimum atomic E-state index is -0.228. The fraction of sp³-hybridized carbons (Fsp3) is 0.588. The average molecular weight is 292 g/mol. The first-order chi connectivity index (χ1) is 9.70. The molecular formula is C17H28N2O2. The van der Waals surface area contributed by atoms with E-state index in [1.54, 1.807) is 11.9 Å². The van der Waals surface area contributed by atoms with Crippen LogP contribution in [0.3, 0.4) is 0 Å². The monoisotopic (exact) mass is 292 g/mol. The number of nitrogens with zero attached hydrogens (tertiary/aromatic N) is 1. The van der Waals surface area contributed by atoms with Gasteiger partial charge in [0.15, 0.2) is 0 Å². The first-order valence-corrected chi connectivity index (χ1v) is 7.44. The Balaban J connectivity index is 2.85. The van der Waals surface area contributed by atoms with Gasteiger partial charge in [0.05, 0.1) is 12.6 Å². The smallest absolute Gasteiger partial charge is 0.321 e. The van der Waals surface area contributed by atoms with Crippen LogP contribution in [0.4, 0.5) is 10.5 Å². The fourth-order valence-corrected chi connectivity index (χ4v) is 2.46. The van der Waals surface area contributed by atoms with Gasteiger partial charge >= 0.3 is 6.03 Å². The number of nitrogens with one attached hydrogen (secondary N) is 1. The number of benzene rings is 1. The van der Waals surface area contributed by atoms with Gasteiger partial charge in [0, 0.05) is 12.7 Å². The van der Waals surface area contributed by atoms with E-state index in [0.717, 1.165) is 12.1 Å². The van der Waals surface area contributed by atoms with E-state index in [4.69, 9.17) is 0 Å². The number of anilines is 1. The summed E-state index contributed by atoms with van der Waals surface area (Å²) in [5.41, 5.74) is 3.07. The van der Waals surface area contributed by atoms with Crippen LogP contribution < -0.4 is 5.32 Å². The van der Waals surface area contributed by atoms with Crippen LogP contribution in [0.1, 0.15) is 38.8 Å². The molecule has 0 fully saturated rings. The summed E-state index contributed by atoms with van der Waals surface area (Å²) in [5, 5.41) is 12.5. The summed E-state index contributed by atoms with van der Waals surface area (Å²) in [4.78, 5) is 13.9. The second kappa shape index (κ2) is 6.94. The highest BCUT2D eigenvalue weighted by molar-refractivity contribution is 5.89. The van der Waals surface area contributed by atoms with Crippen LogP contribution in [-0.2, 0) is 6.42 Å². The van der Waals surface area contributed by atoms with E-state index >= 15 is 0 Å². The number of carbonyl (C=O) groups is 1. The minimum absolute atomic E-state index is 0.0540. The van der Waals surface area contributed by atoms with Gasteiger partial charge in [0.2, 0.25) is 0 Å². The summed E-state index contributed by atoms with van der Waals surface area (Å²) in [5.74, 6) is 0. The number of aliphatic hydroxyl groups excluding tert-OH is 1. The number of amides is 2. The second-order valence-electron chi connectivity index (χ2n) is 6.60. The Bertz CT molecular complexity index is 492. The van der Waals surface area contributed by atoms with Crippen molar-refractivity contribution in [3.8, 4) is 0 Å². The van der Waals surface area contributed by atoms with Crippen LogP contribution in [0.25, 0.3) is 0 Å². The molecule has 1 unspecified atom stereocenters. The van der Waals surface area contributed by atoms with Crippen LogP contribution in [0.2, 0.25) is 0 Å². The maximum Gasteiger partial charge on any atom is 0.321 e. The van der Waals surface area contributed by atoms with Crippen LogP contribution in [0.5, 0.6) is 0 Å². The van der Waals surface area contributed by atoms with Crippen molar-refractivity contribution in [1.82, 2.24) is 4.90 Å². The van der Waals surface area contributed by atoms with E-state index in [1.807, 2.05) is 39.0 Å². The molecule has 0 bridgehead atoms. The van der Waals surface area contributed by atoms with Crippen molar-refractivity contribution in [2.45, 2.75) is 47.1 Å². The van der Waals surface area contributed by atoms with E-state index in [0.29, 0.717) is 0 Å². The number of carbonyl (C=O) groups excluding carboxylic acids is 1. The SMILES string of the molecule is CCc1cc(NC(=O)N(C)C(CO)C(C)(C)C)ccc1C. The first-order valence-electron chi connectivity index (χ1n) is 7.44. The number of hydrogen-bond acceptors (Lipinski definition) is 2. The number of urea groups is 1. The Morgan fingerprint density at radius 1 is 1.38 bits per heavy atom. The zero-order valence-electron chi connectivity index (χ0n) is 14.0. The zero-order chi connectivity index (χ0) is 16.2. The van der Waals surface area contributed by atoms with E-state index in [2.05, 4.69) is 19.2 Å². The molecule has 0 heterocycles. The summed E-state index contributed by atoms with van der Waals surface area (Å²) in [7, 11) is 1.72. The van der Waals surface area contributed by atoms with Crippen molar-refractivity contribution in [2.24, 2.45) is 5.41 Å². The van der Waals surface area contributed by atoms with Crippen molar-refractivity contribution < 1.29 is 9.90 Å². The summed E-state index contributed by atoms with van der Waals surface area (Å²) in [6.07, 6.45) is 0.937. The molecule has 1 atom stereocenters. The molecule has 0 aliphatic heterocycles. The summed E-state index contributed by atoms with van der Waals surface area (Å²) in [6.45, 7) is 10.1. The molecule has 0 radical (unpaired) electrons. The van der Waals surface area contributed by atoms with E-state index in [-0.39, 0.29) is 24.1 Å². The van der Waals surface area contributed by atoms with E-state index in [9.17, 15) is 9.90 Å². The fourth-order valence-electron chi connectivity index (χ4n) is 2.46. The van der Waals surface area contributed by atoms with Gasteiger partial charge in [0.25, 0.3) is 0 Å². The summed E-state index contributed by atoms with van der Waals surface area (Å²) < 4.78 is 0. The highest BCUT2D eigenvalue weighted by Gasteiger charge is 2.30. The molecule has 0 saturated heterocycles. The van der Waals surface area contributed by atoms with Gasteiger partial charge in [-0.15, -0.1) is 0 Å². The predicted octanol–water partition coefficient (Wildman–Crippen LogP) is 3.43. The molecule has 21 heavy (non-hydrogen) atoms. The lowest BCUT2D eigenvalue weighted by Crippen LogP contribution is -2.48. The molecule has 0 aliphatic carbocycles.